The molecule has 4 rings (SSSR count). The van der Waals surface area contributed by atoms with Gasteiger partial charge in [0.1, 0.15) is 5.69 Å². The number of carbonyl (C=O) groups is 1. The number of ether oxygens (including phenoxy) is 2. The fourth-order valence-corrected chi connectivity index (χ4v) is 3.90. The van der Waals surface area contributed by atoms with E-state index in [1.165, 1.54) is 4.57 Å². The fraction of sp³-hybridized carbons (Fsp3) is 0.474. The third-order valence-electron chi connectivity index (χ3n) is 5.35. The van der Waals surface area contributed by atoms with E-state index >= 15 is 4.39 Å². The minimum atomic E-state index is -3.28. The lowest BCUT2D eigenvalue weighted by Gasteiger charge is -2.28. The Morgan fingerprint density at radius 1 is 1.29 bits per heavy atom. The molecule has 168 valence electrons. The van der Waals surface area contributed by atoms with E-state index in [1.807, 2.05) is 0 Å². The number of pyridine rings is 1. The van der Waals surface area contributed by atoms with Crippen molar-refractivity contribution >= 4 is 28.4 Å². The van der Waals surface area contributed by atoms with Gasteiger partial charge in [-0.25, -0.2) is 9.18 Å². The van der Waals surface area contributed by atoms with Crippen LogP contribution in [0.15, 0.2) is 11.0 Å². The number of alkyl halides is 2. The topological polar surface area (TPSA) is 119 Å². The molecule has 0 unspecified atom stereocenters. The van der Waals surface area contributed by atoms with Gasteiger partial charge in [0.25, 0.3) is 0 Å². The van der Waals surface area contributed by atoms with E-state index in [1.54, 1.807) is 4.90 Å². The summed E-state index contributed by atoms with van der Waals surface area (Å²) in [5.41, 5.74) is 4.05. The summed E-state index contributed by atoms with van der Waals surface area (Å²) in [5.74, 6) is -2.16. The van der Waals surface area contributed by atoms with Crippen molar-refractivity contribution in [1.29, 1.82) is 0 Å². The van der Waals surface area contributed by atoms with Crippen LogP contribution in [0.2, 0.25) is 0 Å². The summed E-state index contributed by atoms with van der Waals surface area (Å²) in [7, 11) is 0. The van der Waals surface area contributed by atoms with Crippen LogP contribution in [0.5, 0.6) is 11.5 Å². The van der Waals surface area contributed by atoms with E-state index in [2.05, 4.69) is 10.1 Å². The lowest BCUT2D eigenvalue weighted by molar-refractivity contribution is -0.0488. The van der Waals surface area contributed by atoms with Gasteiger partial charge in [-0.1, -0.05) is 0 Å². The molecule has 0 spiro atoms. The fourth-order valence-electron chi connectivity index (χ4n) is 3.90. The molecule has 9 nitrogen and oxygen atoms in total. The molecule has 2 heterocycles. The Balaban J connectivity index is 2.07. The minimum Gasteiger partial charge on any atom is -0.449 e. The molecule has 12 heteroatoms. The molecule has 1 saturated carbocycles. The van der Waals surface area contributed by atoms with Crippen molar-refractivity contribution in [2.24, 2.45) is 0 Å². The van der Waals surface area contributed by atoms with Crippen molar-refractivity contribution in [3.63, 3.8) is 0 Å². The van der Waals surface area contributed by atoms with Crippen molar-refractivity contribution in [2.75, 3.05) is 36.8 Å². The smallest absolute Gasteiger partial charge is 0.449 e. The summed E-state index contributed by atoms with van der Waals surface area (Å²) in [6.45, 7) is -1.44. The van der Waals surface area contributed by atoms with E-state index < -0.39 is 46.6 Å². The zero-order chi connectivity index (χ0) is 22.3. The first-order valence-electron chi connectivity index (χ1n) is 9.80. The highest BCUT2D eigenvalue weighted by Gasteiger charge is 2.34. The summed E-state index contributed by atoms with van der Waals surface area (Å²) >= 11 is 0. The molecule has 4 N–H and O–H groups in total. The van der Waals surface area contributed by atoms with Crippen LogP contribution in [0, 0.1) is 5.82 Å². The van der Waals surface area contributed by atoms with E-state index in [9.17, 15) is 18.4 Å². The van der Waals surface area contributed by atoms with Gasteiger partial charge in [0.15, 0.2) is 17.3 Å². The predicted octanol–water partition coefficient (Wildman–Crippen LogP) is 2.52. The maximum absolute atomic E-state index is 15.5. The Kier molecular flexibility index (Phi) is 5.56. The third-order valence-corrected chi connectivity index (χ3v) is 5.35. The molecule has 1 aromatic heterocycles. The van der Waals surface area contributed by atoms with Crippen LogP contribution < -0.4 is 30.9 Å². The first kappa shape index (κ1) is 21.1. The number of nitrogens with two attached hydrogens (primary N) is 1. The van der Waals surface area contributed by atoms with E-state index in [0.29, 0.717) is 45.4 Å². The maximum Gasteiger partial charge on any atom is 0.511 e. The number of anilines is 2. The maximum atomic E-state index is 15.5. The minimum absolute atomic E-state index is 0.100. The molecule has 2 aliphatic rings. The molecule has 1 aliphatic carbocycles. The van der Waals surface area contributed by atoms with Gasteiger partial charge < -0.3 is 35.1 Å². The number of rotatable bonds is 5. The summed E-state index contributed by atoms with van der Waals surface area (Å²) in [5, 5.41) is 11.6. The monoisotopic (exact) mass is 442 g/mol. The summed E-state index contributed by atoms with van der Waals surface area (Å²) in [6.07, 6.45) is 1.32. The van der Waals surface area contributed by atoms with Gasteiger partial charge in [0, 0.05) is 25.7 Å². The highest BCUT2D eigenvalue weighted by atomic mass is 19.3. The van der Waals surface area contributed by atoms with Crippen molar-refractivity contribution in [3.8, 4) is 11.5 Å². The SMILES string of the molecule is Nc1c(F)c(N2CCCNCC2)c(OC(F)F)c2c1c(=O)c(OC(=O)O)cn2C1CC1. The number of fused-ring (bicyclic) bond motifs is 1. The lowest BCUT2D eigenvalue weighted by Crippen LogP contribution is -2.30. The normalized spacial score (nSPS) is 17.1. The molecule has 0 bridgehead atoms. The third kappa shape index (κ3) is 3.94. The van der Waals surface area contributed by atoms with Crippen LogP contribution >= 0.6 is 0 Å². The molecule has 0 radical (unpaired) electrons. The highest BCUT2D eigenvalue weighted by Crippen LogP contribution is 2.47. The molecule has 1 saturated heterocycles. The second-order valence-corrected chi connectivity index (χ2v) is 7.43. The number of hydrogen-bond acceptors (Lipinski definition) is 7. The summed E-state index contributed by atoms with van der Waals surface area (Å²) in [4.78, 5) is 25.5. The Bertz CT molecular complexity index is 1080. The van der Waals surface area contributed by atoms with E-state index in [0.717, 1.165) is 6.20 Å². The zero-order valence-electron chi connectivity index (χ0n) is 16.4. The molecular formula is C19H21F3N4O5. The standard InChI is InChI=1S/C19H21F3N4O5/c20-12-13(23)11-14(26(9-2-3-9)8-10(16(11)27)30-19(28)29)17(31-18(21)22)15(12)25-6-1-4-24-5-7-25/h8-9,18,24H,1-7,23H2,(H,28,29). The number of aromatic nitrogens is 1. The quantitative estimate of drug-likeness (QED) is 0.478. The van der Waals surface area contributed by atoms with Crippen molar-refractivity contribution in [1.82, 2.24) is 9.88 Å². The first-order valence-corrected chi connectivity index (χ1v) is 9.80. The number of hydrogen-bond donors (Lipinski definition) is 3. The van der Waals surface area contributed by atoms with Crippen molar-refractivity contribution < 1.29 is 32.5 Å². The van der Waals surface area contributed by atoms with Gasteiger partial charge in [-0.3, -0.25) is 4.79 Å². The summed E-state index contributed by atoms with van der Waals surface area (Å²) in [6, 6.07) is -0.220. The van der Waals surface area contributed by atoms with Gasteiger partial charge in [-0.2, -0.15) is 8.78 Å². The number of nitrogen functional groups attached to an aromatic ring is 1. The van der Waals surface area contributed by atoms with Crippen LogP contribution in [0.4, 0.5) is 29.3 Å². The summed E-state index contributed by atoms with van der Waals surface area (Å²) < 4.78 is 53.0. The predicted molar refractivity (Wildman–Crippen MR) is 106 cm³/mol. The Hall–Kier alpha value is -3.15. The van der Waals surface area contributed by atoms with Crippen LogP contribution in [0.1, 0.15) is 25.3 Å². The van der Waals surface area contributed by atoms with Crippen LogP contribution in [0.25, 0.3) is 10.9 Å². The molecule has 2 fully saturated rings. The van der Waals surface area contributed by atoms with Crippen molar-refractivity contribution in [2.45, 2.75) is 31.9 Å². The average molecular weight is 442 g/mol. The van der Waals surface area contributed by atoms with Crippen LogP contribution in [0.3, 0.4) is 0 Å². The van der Waals surface area contributed by atoms with Gasteiger partial charge >= 0.3 is 12.8 Å². The average Bonchev–Trinajstić information content (AvgIpc) is 3.54. The molecular weight excluding hydrogens is 421 g/mol. The first-order chi connectivity index (χ1) is 14.8. The lowest BCUT2D eigenvalue weighted by atomic mass is 10.1. The van der Waals surface area contributed by atoms with Crippen molar-refractivity contribution in [3.05, 3.63) is 22.2 Å². The van der Waals surface area contributed by atoms with Gasteiger partial charge in [0.05, 0.1) is 22.8 Å². The zero-order valence-corrected chi connectivity index (χ0v) is 16.4. The largest absolute Gasteiger partial charge is 0.511 e. The van der Waals surface area contributed by atoms with Crippen LogP contribution in [-0.2, 0) is 0 Å². The number of carboxylic acid groups (broad SMARTS) is 1. The molecule has 1 aliphatic heterocycles. The molecule has 1 aromatic carbocycles. The second-order valence-electron chi connectivity index (χ2n) is 7.43. The molecule has 31 heavy (non-hydrogen) atoms. The van der Waals surface area contributed by atoms with Gasteiger partial charge in [-0.05, 0) is 25.8 Å². The molecule has 0 atom stereocenters. The number of nitrogens with zero attached hydrogens (tertiary/aromatic N) is 2. The van der Waals surface area contributed by atoms with E-state index in [4.69, 9.17) is 15.6 Å². The Labute approximate surface area is 174 Å². The number of halogens is 3. The molecule has 2 aromatic rings. The van der Waals surface area contributed by atoms with Crippen LogP contribution in [-0.4, -0.2) is 48.6 Å². The number of nitrogens with one attached hydrogen (secondary N) is 1. The van der Waals surface area contributed by atoms with Gasteiger partial charge in [-0.15, -0.1) is 0 Å². The second kappa shape index (κ2) is 8.17. The highest BCUT2D eigenvalue weighted by molar-refractivity contribution is 6.01. The Morgan fingerprint density at radius 2 is 2.03 bits per heavy atom. The number of benzene rings is 1. The Morgan fingerprint density at radius 3 is 2.68 bits per heavy atom. The molecule has 0 amide bonds. The van der Waals surface area contributed by atoms with E-state index in [-0.39, 0.29) is 17.2 Å². The van der Waals surface area contributed by atoms with Gasteiger partial charge in [0.2, 0.25) is 5.43 Å².